The Balaban J connectivity index is 2.25. The van der Waals surface area contributed by atoms with Crippen LogP contribution in [0.3, 0.4) is 0 Å². The molecule has 1 aliphatic rings. The smallest absolute Gasteiger partial charge is 0.119 e. The van der Waals surface area contributed by atoms with Crippen LogP contribution in [0.5, 0.6) is 5.75 Å². The Labute approximate surface area is 133 Å². The van der Waals surface area contributed by atoms with Crippen LogP contribution in [-0.2, 0) is 4.74 Å². The fourth-order valence-electron chi connectivity index (χ4n) is 2.83. The summed E-state index contributed by atoms with van der Waals surface area (Å²) in [7, 11) is 1.66. The molecule has 0 aliphatic heterocycles. The third-order valence-corrected chi connectivity index (χ3v) is 4.77. The summed E-state index contributed by atoms with van der Waals surface area (Å²) < 4.78 is 5.31. The molecule has 0 heterocycles. The summed E-state index contributed by atoms with van der Waals surface area (Å²) in [4.78, 5) is 0. The lowest BCUT2D eigenvalue weighted by Gasteiger charge is -2.31. The highest BCUT2D eigenvalue weighted by Crippen LogP contribution is 2.40. The highest BCUT2D eigenvalue weighted by atomic mass is 16.5. The first kappa shape index (κ1) is 16.4. The second-order valence-electron chi connectivity index (χ2n) is 6.19. The monoisotopic (exact) mass is 298 g/mol. The molecule has 0 spiro atoms. The number of phenols is 1. The highest BCUT2D eigenvalue weighted by molar-refractivity contribution is 5.67. The predicted molar refractivity (Wildman–Crippen MR) is 92.7 cm³/mol. The van der Waals surface area contributed by atoms with Gasteiger partial charge in [0.05, 0.1) is 7.11 Å². The summed E-state index contributed by atoms with van der Waals surface area (Å²) in [6, 6.07) is 5.76. The summed E-state index contributed by atoms with van der Waals surface area (Å²) in [5.41, 5.74) is 5.43. The van der Waals surface area contributed by atoms with Crippen LogP contribution in [0, 0.1) is 12.8 Å². The third kappa shape index (κ3) is 3.44. The van der Waals surface area contributed by atoms with Crippen molar-refractivity contribution in [1.82, 2.24) is 0 Å². The Morgan fingerprint density at radius 3 is 2.50 bits per heavy atom. The Morgan fingerprint density at radius 1 is 1.32 bits per heavy atom. The van der Waals surface area contributed by atoms with Crippen LogP contribution in [0.1, 0.15) is 43.7 Å². The maximum absolute atomic E-state index is 9.90. The van der Waals surface area contributed by atoms with Crippen LogP contribution in [-0.4, -0.2) is 12.2 Å². The Hall–Kier alpha value is -1.96. The Kier molecular flexibility index (Phi) is 5.12. The number of benzene rings is 1. The Bertz CT molecular complexity index is 619. The standard InChI is InChI=1S/C20H26O2/c1-13-9-10-18(12-20(13)21)14(2)11-19(17-7-6-8-17)15(3)16(4)22-5/h9-10,12,17,21H,2,4,6-8,11H2,1,3,5H3/b19-15-. The van der Waals surface area contributed by atoms with Crippen molar-refractivity contribution in [1.29, 1.82) is 0 Å². The first-order valence-corrected chi connectivity index (χ1v) is 7.84. The molecule has 2 heteroatoms. The van der Waals surface area contributed by atoms with E-state index in [-0.39, 0.29) is 0 Å². The number of aryl methyl sites for hydroxylation is 1. The molecule has 2 nitrogen and oxygen atoms in total. The second-order valence-corrected chi connectivity index (χ2v) is 6.19. The molecule has 0 unspecified atom stereocenters. The molecule has 2 rings (SSSR count). The van der Waals surface area contributed by atoms with Gasteiger partial charge in [-0.15, -0.1) is 0 Å². The molecule has 0 bridgehead atoms. The summed E-state index contributed by atoms with van der Waals surface area (Å²) in [5.74, 6) is 1.68. The number of rotatable bonds is 6. The van der Waals surface area contributed by atoms with Gasteiger partial charge in [0, 0.05) is 0 Å². The van der Waals surface area contributed by atoms with Crippen molar-refractivity contribution in [3.8, 4) is 5.75 Å². The van der Waals surface area contributed by atoms with E-state index in [4.69, 9.17) is 4.74 Å². The van der Waals surface area contributed by atoms with E-state index in [1.54, 1.807) is 13.2 Å². The van der Waals surface area contributed by atoms with Crippen LogP contribution in [0.2, 0.25) is 0 Å². The topological polar surface area (TPSA) is 29.5 Å². The quantitative estimate of drug-likeness (QED) is 0.564. The van der Waals surface area contributed by atoms with E-state index in [1.165, 1.54) is 24.8 Å². The third-order valence-electron chi connectivity index (χ3n) is 4.77. The molecule has 0 aromatic heterocycles. The number of ether oxygens (including phenoxy) is 1. The SMILES string of the molecule is C=C(OC)/C(C)=C(/CC(=C)c1ccc(C)c(O)c1)C1CCC1. The number of hydrogen-bond acceptors (Lipinski definition) is 2. The van der Waals surface area contributed by atoms with Gasteiger partial charge in [0.1, 0.15) is 11.5 Å². The van der Waals surface area contributed by atoms with Crippen molar-refractivity contribution in [3.63, 3.8) is 0 Å². The summed E-state index contributed by atoms with van der Waals surface area (Å²) in [6.45, 7) is 12.2. The van der Waals surface area contributed by atoms with Gasteiger partial charge in [-0.05, 0) is 67.4 Å². The van der Waals surface area contributed by atoms with Crippen LogP contribution in [0.4, 0.5) is 0 Å². The molecule has 1 saturated carbocycles. The second kappa shape index (κ2) is 6.87. The first-order valence-electron chi connectivity index (χ1n) is 7.84. The van der Waals surface area contributed by atoms with E-state index < -0.39 is 0 Å². The van der Waals surface area contributed by atoms with Crippen molar-refractivity contribution >= 4 is 5.57 Å². The van der Waals surface area contributed by atoms with E-state index in [0.29, 0.717) is 11.7 Å². The molecule has 22 heavy (non-hydrogen) atoms. The largest absolute Gasteiger partial charge is 0.508 e. The summed E-state index contributed by atoms with van der Waals surface area (Å²) in [5, 5.41) is 9.90. The van der Waals surface area contributed by atoms with Crippen molar-refractivity contribution in [2.45, 2.75) is 39.5 Å². The zero-order chi connectivity index (χ0) is 16.3. The van der Waals surface area contributed by atoms with E-state index in [1.807, 2.05) is 19.1 Å². The average Bonchev–Trinajstić information content (AvgIpc) is 2.45. The lowest BCUT2D eigenvalue weighted by molar-refractivity contribution is 0.297. The van der Waals surface area contributed by atoms with Gasteiger partial charge in [0.25, 0.3) is 0 Å². The van der Waals surface area contributed by atoms with Gasteiger partial charge in [-0.2, -0.15) is 0 Å². The minimum atomic E-state index is 0.325. The molecule has 1 aromatic carbocycles. The molecule has 1 fully saturated rings. The number of phenolic OH excluding ortho intramolecular Hbond substituents is 1. The fourth-order valence-corrected chi connectivity index (χ4v) is 2.83. The van der Waals surface area contributed by atoms with Crippen molar-refractivity contribution in [2.24, 2.45) is 5.92 Å². The predicted octanol–water partition coefficient (Wildman–Crippen LogP) is 5.38. The molecular formula is C20H26O2. The highest BCUT2D eigenvalue weighted by Gasteiger charge is 2.25. The summed E-state index contributed by atoms with van der Waals surface area (Å²) in [6.07, 6.45) is 4.56. The van der Waals surface area contributed by atoms with E-state index in [2.05, 4.69) is 20.1 Å². The van der Waals surface area contributed by atoms with Crippen molar-refractivity contribution in [2.75, 3.05) is 7.11 Å². The number of hydrogen-bond donors (Lipinski definition) is 1. The van der Waals surface area contributed by atoms with E-state index in [9.17, 15) is 5.11 Å². The summed E-state index contributed by atoms with van der Waals surface area (Å²) >= 11 is 0. The molecule has 1 aliphatic carbocycles. The van der Waals surface area contributed by atoms with Gasteiger partial charge >= 0.3 is 0 Å². The molecular weight excluding hydrogens is 272 g/mol. The van der Waals surface area contributed by atoms with E-state index in [0.717, 1.165) is 34.5 Å². The van der Waals surface area contributed by atoms with Crippen LogP contribution in [0.15, 0.2) is 48.3 Å². The van der Waals surface area contributed by atoms with Gasteiger partial charge in [0.2, 0.25) is 0 Å². The molecule has 1 N–H and O–H groups in total. The molecule has 0 saturated heterocycles. The zero-order valence-electron chi connectivity index (χ0n) is 13.9. The van der Waals surface area contributed by atoms with Gasteiger partial charge < -0.3 is 9.84 Å². The van der Waals surface area contributed by atoms with E-state index >= 15 is 0 Å². The number of allylic oxidation sites excluding steroid dienone is 3. The molecule has 0 radical (unpaired) electrons. The maximum Gasteiger partial charge on any atom is 0.119 e. The first-order chi connectivity index (χ1) is 10.4. The molecule has 118 valence electrons. The van der Waals surface area contributed by atoms with Crippen LogP contribution < -0.4 is 0 Å². The van der Waals surface area contributed by atoms with Crippen LogP contribution >= 0.6 is 0 Å². The van der Waals surface area contributed by atoms with Gasteiger partial charge in [-0.25, -0.2) is 0 Å². The lowest BCUT2D eigenvalue weighted by atomic mass is 9.75. The fraction of sp³-hybridized carbons (Fsp3) is 0.400. The lowest BCUT2D eigenvalue weighted by Crippen LogP contribution is -2.16. The molecule has 0 atom stereocenters. The van der Waals surface area contributed by atoms with Gasteiger partial charge in [-0.1, -0.05) is 37.3 Å². The molecule has 0 amide bonds. The zero-order valence-corrected chi connectivity index (χ0v) is 13.9. The maximum atomic E-state index is 9.90. The van der Waals surface area contributed by atoms with Crippen molar-refractivity contribution in [3.05, 3.63) is 59.4 Å². The Morgan fingerprint density at radius 2 is 2.00 bits per heavy atom. The van der Waals surface area contributed by atoms with Gasteiger partial charge in [-0.3, -0.25) is 0 Å². The van der Waals surface area contributed by atoms with Crippen molar-refractivity contribution < 1.29 is 9.84 Å². The average molecular weight is 298 g/mol. The minimum Gasteiger partial charge on any atom is -0.508 e. The number of aromatic hydroxyl groups is 1. The van der Waals surface area contributed by atoms with Gasteiger partial charge in [0.15, 0.2) is 0 Å². The normalized spacial score (nSPS) is 15.8. The minimum absolute atomic E-state index is 0.325. The molecule has 1 aromatic rings. The number of methoxy groups -OCH3 is 1. The van der Waals surface area contributed by atoms with Crippen LogP contribution in [0.25, 0.3) is 5.57 Å².